The van der Waals surface area contributed by atoms with Crippen LogP contribution < -0.4 is 9.64 Å². The Morgan fingerprint density at radius 1 is 0.447 bits per heavy atom. The molecule has 214 valence electrons. The van der Waals surface area contributed by atoms with E-state index in [1.807, 2.05) is 30.3 Å². The molecule has 0 aliphatic heterocycles. The summed E-state index contributed by atoms with van der Waals surface area (Å²) in [7, 11) is 0. The molecule has 2 rings (SSSR count). The molecule has 2 aromatic rings. The fourth-order valence-corrected chi connectivity index (χ4v) is 5.35. The third-order valence-corrected chi connectivity index (χ3v) is 7.74. The van der Waals surface area contributed by atoms with E-state index in [1.54, 1.807) is 0 Å². The van der Waals surface area contributed by atoms with Crippen molar-refractivity contribution >= 4 is 5.69 Å². The number of hydrogen-bond acceptors (Lipinski definition) is 2. The number of unbranched alkanes of at least 4 members (excludes halogenated alkanes) is 18. The van der Waals surface area contributed by atoms with Gasteiger partial charge in [-0.1, -0.05) is 160 Å². The highest BCUT2D eigenvalue weighted by Crippen LogP contribution is 2.33. The van der Waals surface area contributed by atoms with Crippen LogP contribution >= 0.6 is 0 Å². The van der Waals surface area contributed by atoms with Gasteiger partial charge >= 0.3 is 0 Å². The van der Waals surface area contributed by atoms with Crippen LogP contribution in [0.2, 0.25) is 0 Å². The lowest BCUT2D eigenvalue weighted by Crippen LogP contribution is -2.26. The first kappa shape index (κ1) is 32.3. The maximum atomic E-state index is 6.35. The zero-order valence-electron chi connectivity index (χ0n) is 25.1. The van der Waals surface area contributed by atoms with E-state index in [9.17, 15) is 0 Å². The summed E-state index contributed by atoms with van der Waals surface area (Å²) in [5.74, 6) is 1.90. The van der Waals surface area contributed by atoms with Crippen molar-refractivity contribution in [3.63, 3.8) is 0 Å². The molecule has 0 spiro atoms. The predicted octanol–water partition coefficient (Wildman–Crippen LogP) is 12.1. The second-order valence-electron chi connectivity index (χ2n) is 11.2. The van der Waals surface area contributed by atoms with Crippen LogP contribution in [0.1, 0.15) is 142 Å². The van der Waals surface area contributed by atoms with E-state index in [-0.39, 0.29) is 0 Å². The third-order valence-electron chi connectivity index (χ3n) is 7.74. The Bertz CT molecular complexity index is 750. The van der Waals surface area contributed by atoms with Gasteiger partial charge in [0.05, 0.1) is 5.69 Å². The molecular weight excluding hydrogens is 462 g/mol. The van der Waals surface area contributed by atoms with Gasteiger partial charge in [-0.25, -0.2) is 0 Å². The van der Waals surface area contributed by atoms with Crippen LogP contribution in [0.3, 0.4) is 0 Å². The van der Waals surface area contributed by atoms with Gasteiger partial charge in [0, 0.05) is 13.1 Å². The van der Waals surface area contributed by atoms with Crippen LogP contribution in [0.15, 0.2) is 54.6 Å². The van der Waals surface area contributed by atoms with Crippen molar-refractivity contribution < 1.29 is 4.74 Å². The molecular formula is C36H59NO. The molecule has 0 aromatic heterocycles. The van der Waals surface area contributed by atoms with Crippen molar-refractivity contribution in [2.45, 2.75) is 142 Å². The third kappa shape index (κ3) is 15.5. The fourth-order valence-electron chi connectivity index (χ4n) is 5.35. The Labute approximate surface area is 236 Å². The van der Waals surface area contributed by atoms with E-state index < -0.39 is 0 Å². The van der Waals surface area contributed by atoms with Crippen molar-refractivity contribution in [3.8, 4) is 11.5 Å². The summed E-state index contributed by atoms with van der Waals surface area (Å²) in [4.78, 5) is 2.60. The average molecular weight is 522 g/mol. The zero-order valence-corrected chi connectivity index (χ0v) is 25.1. The molecule has 0 aliphatic rings. The van der Waals surface area contributed by atoms with Gasteiger partial charge in [-0.05, 0) is 37.1 Å². The van der Waals surface area contributed by atoms with Gasteiger partial charge in [-0.3, -0.25) is 0 Å². The summed E-state index contributed by atoms with van der Waals surface area (Å²) >= 11 is 0. The van der Waals surface area contributed by atoms with Gasteiger partial charge in [0.15, 0.2) is 5.75 Å². The SMILES string of the molecule is CCCCCCCCCCCCN(CCCCCCCCCCCC)c1ccccc1Oc1ccccc1. The number of ether oxygens (including phenoxy) is 1. The van der Waals surface area contributed by atoms with E-state index in [2.05, 4.69) is 43.0 Å². The van der Waals surface area contributed by atoms with Gasteiger partial charge in [-0.15, -0.1) is 0 Å². The van der Waals surface area contributed by atoms with Crippen LogP contribution in [-0.4, -0.2) is 13.1 Å². The Hall–Kier alpha value is -1.96. The summed E-state index contributed by atoms with van der Waals surface area (Å²) in [5, 5.41) is 0. The lowest BCUT2D eigenvalue weighted by atomic mass is 10.1. The first-order valence-corrected chi connectivity index (χ1v) is 16.4. The maximum Gasteiger partial charge on any atom is 0.150 e. The van der Waals surface area contributed by atoms with Crippen LogP contribution in [0.25, 0.3) is 0 Å². The number of anilines is 1. The molecule has 38 heavy (non-hydrogen) atoms. The molecule has 0 N–H and O–H groups in total. The molecule has 2 heteroatoms. The van der Waals surface area contributed by atoms with Gasteiger partial charge in [0.2, 0.25) is 0 Å². The molecule has 2 aromatic carbocycles. The molecule has 0 saturated heterocycles. The molecule has 0 heterocycles. The van der Waals surface area contributed by atoms with Crippen LogP contribution in [0.4, 0.5) is 5.69 Å². The second kappa shape index (κ2) is 23.0. The van der Waals surface area contributed by atoms with E-state index in [0.717, 1.165) is 24.6 Å². The lowest BCUT2D eigenvalue weighted by molar-refractivity contribution is 0.479. The number of para-hydroxylation sites is 3. The van der Waals surface area contributed by atoms with Crippen molar-refractivity contribution in [3.05, 3.63) is 54.6 Å². The largest absolute Gasteiger partial charge is 0.455 e. The fraction of sp³-hybridized carbons (Fsp3) is 0.667. The van der Waals surface area contributed by atoms with Crippen molar-refractivity contribution in [1.29, 1.82) is 0 Å². The minimum Gasteiger partial charge on any atom is -0.455 e. The standard InChI is InChI=1S/C36H59NO/c1-3-5-7-9-11-13-15-17-19-26-32-37(33-27-20-18-16-14-12-10-8-6-4-2)35-30-24-25-31-36(35)38-34-28-22-21-23-29-34/h21-25,28-31H,3-20,26-27,32-33H2,1-2H3. The molecule has 0 unspecified atom stereocenters. The molecule has 0 aliphatic carbocycles. The topological polar surface area (TPSA) is 12.5 Å². The van der Waals surface area contributed by atoms with Crippen molar-refractivity contribution in [2.24, 2.45) is 0 Å². The molecule has 0 fully saturated rings. The zero-order chi connectivity index (χ0) is 26.9. The van der Waals surface area contributed by atoms with Crippen LogP contribution in [0, 0.1) is 0 Å². The minimum atomic E-state index is 0.915. The molecule has 0 amide bonds. The second-order valence-corrected chi connectivity index (χ2v) is 11.2. The van der Waals surface area contributed by atoms with Crippen molar-refractivity contribution in [1.82, 2.24) is 0 Å². The lowest BCUT2D eigenvalue weighted by Gasteiger charge is -2.27. The van der Waals surface area contributed by atoms with Gasteiger partial charge in [0.1, 0.15) is 5.75 Å². The highest BCUT2D eigenvalue weighted by Gasteiger charge is 2.13. The van der Waals surface area contributed by atoms with E-state index in [1.165, 1.54) is 134 Å². The molecule has 0 atom stereocenters. The van der Waals surface area contributed by atoms with Gasteiger partial charge < -0.3 is 9.64 Å². The number of nitrogens with zero attached hydrogens (tertiary/aromatic N) is 1. The average Bonchev–Trinajstić information content (AvgIpc) is 2.95. The Morgan fingerprint density at radius 3 is 1.32 bits per heavy atom. The van der Waals surface area contributed by atoms with Gasteiger partial charge in [0.25, 0.3) is 0 Å². The first-order valence-electron chi connectivity index (χ1n) is 16.4. The van der Waals surface area contributed by atoms with E-state index in [4.69, 9.17) is 4.74 Å². The quantitative estimate of drug-likeness (QED) is 0.120. The number of benzene rings is 2. The highest BCUT2D eigenvalue weighted by molar-refractivity contribution is 5.59. The summed E-state index contributed by atoms with van der Waals surface area (Å²) < 4.78 is 6.35. The Balaban J connectivity index is 1.79. The summed E-state index contributed by atoms with van der Waals surface area (Å²) in [6.45, 7) is 6.85. The molecule has 0 saturated carbocycles. The summed E-state index contributed by atoms with van der Waals surface area (Å²) in [6, 6.07) is 18.9. The Morgan fingerprint density at radius 2 is 0.842 bits per heavy atom. The summed E-state index contributed by atoms with van der Waals surface area (Å²) in [6.07, 6.45) is 27.7. The predicted molar refractivity (Wildman–Crippen MR) is 169 cm³/mol. The van der Waals surface area contributed by atoms with E-state index in [0.29, 0.717) is 0 Å². The molecule has 2 nitrogen and oxygen atoms in total. The smallest absolute Gasteiger partial charge is 0.150 e. The maximum absolute atomic E-state index is 6.35. The van der Waals surface area contributed by atoms with Crippen LogP contribution in [0.5, 0.6) is 11.5 Å². The Kier molecular flexibility index (Phi) is 19.5. The first-order chi connectivity index (χ1) is 18.8. The van der Waals surface area contributed by atoms with Gasteiger partial charge in [-0.2, -0.15) is 0 Å². The monoisotopic (exact) mass is 521 g/mol. The number of rotatable bonds is 25. The molecule has 0 radical (unpaired) electrons. The summed E-state index contributed by atoms with van der Waals surface area (Å²) in [5.41, 5.74) is 1.25. The number of hydrogen-bond donors (Lipinski definition) is 0. The normalized spacial score (nSPS) is 11.1. The molecule has 0 bridgehead atoms. The van der Waals surface area contributed by atoms with E-state index >= 15 is 0 Å². The van der Waals surface area contributed by atoms with Crippen LogP contribution in [-0.2, 0) is 0 Å². The van der Waals surface area contributed by atoms with Crippen molar-refractivity contribution in [2.75, 3.05) is 18.0 Å². The highest BCUT2D eigenvalue weighted by atomic mass is 16.5. The minimum absolute atomic E-state index is 0.915.